The van der Waals surface area contributed by atoms with Crippen molar-refractivity contribution in [2.45, 2.75) is 43.8 Å². The zero-order valence-corrected chi connectivity index (χ0v) is 16.2. The Morgan fingerprint density at radius 2 is 1.52 bits per heavy atom. The highest BCUT2D eigenvalue weighted by Crippen LogP contribution is 2.36. The van der Waals surface area contributed by atoms with Crippen molar-refractivity contribution in [1.29, 1.82) is 0 Å². The molecule has 1 saturated heterocycles. The lowest BCUT2D eigenvalue weighted by Crippen LogP contribution is -2.41. The summed E-state index contributed by atoms with van der Waals surface area (Å²) in [7, 11) is -5.04. The average molecular weight is 395 g/mol. The van der Waals surface area contributed by atoms with Gasteiger partial charge in [0, 0.05) is 0 Å². The predicted octanol–water partition coefficient (Wildman–Crippen LogP) is 3.06. The van der Waals surface area contributed by atoms with Crippen LogP contribution in [0.25, 0.3) is 0 Å². The Morgan fingerprint density at radius 1 is 0.926 bits per heavy atom. The lowest BCUT2D eigenvalue weighted by molar-refractivity contribution is 0.00578. The van der Waals surface area contributed by atoms with Crippen LogP contribution in [0.2, 0.25) is 0 Å². The van der Waals surface area contributed by atoms with Crippen molar-refractivity contribution in [1.82, 2.24) is 0 Å². The van der Waals surface area contributed by atoms with E-state index in [1.54, 1.807) is 0 Å². The van der Waals surface area contributed by atoms with E-state index in [1.165, 1.54) is 24.3 Å². The van der Waals surface area contributed by atoms with Crippen LogP contribution in [0.3, 0.4) is 0 Å². The molecule has 1 N–H and O–H groups in total. The van der Waals surface area contributed by atoms with Gasteiger partial charge in [0.1, 0.15) is 16.5 Å². The van der Waals surface area contributed by atoms with Gasteiger partial charge in [0.05, 0.1) is 16.9 Å². The number of hydrogen-bond donors (Lipinski definition) is 1. The molecular weight excluding hydrogens is 375 g/mol. The molecule has 144 valence electrons. The molecule has 0 bridgehead atoms. The largest absolute Gasteiger partial charge is 0.494 e. The lowest BCUT2D eigenvalue weighted by Gasteiger charge is -2.32. The van der Waals surface area contributed by atoms with Crippen molar-refractivity contribution in [2.75, 3.05) is 4.72 Å². The standard InChI is InChI=1S/C18H20BF2NO4S/c1-17(2)18(3,4)26-19(25-17)12-9-10-15(14(21)11-12)22-27(23,24)16-8-6-5-7-13(16)20/h5-11,22H,1-4H3. The minimum Gasteiger partial charge on any atom is -0.399 e. The van der Waals surface area contributed by atoms with Gasteiger partial charge in [-0.05, 0) is 57.4 Å². The van der Waals surface area contributed by atoms with Crippen LogP contribution in [-0.4, -0.2) is 26.7 Å². The Bertz CT molecular complexity index is 963. The number of nitrogens with one attached hydrogen (secondary N) is 1. The quantitative estimate of drug-likeness (QED) is 0.809. The lowest BCUT2D eigenvalue weighted by atomic mass is 9.79. The fourth-order valence-electron chi connectivity index (χ4n) is 2.60. The fraction of sp³-hybridized carbons (Fsp3) is 0.333. The zero-order chi connectivity index (χ0) is 20.0. The Hall–Kier alpha value is -1.97. The van der Waals surface area contributed by atoms with E-state index in [9.17, 15) is 17.2 Å². The summed E-state index contributed by atoms with van der Waals surface area (Å²) < 4.78 is 66.7. The highest BCUT2D eigenvalue weighted by Gasteiger charge is 2.51. The predicted molar refractivity (Wildman–Crippen MR) is 99.3 cm³/mol. The summed E-state index contributed by atoms with van der Waals surface area (Å²) in [5.74, 6) is -1.73. The SMILES string of the molecule is CC1(C)OB(c2ccc(NS(=O)(=O)c3ccccc3F)c(F)c2)OC1(C)C. The summed E-state index contributed by atoms with van der Waals surface area (Å²) in [5, 5.41) is 0. The van der Waals surface area contributed by atoms with Crippen molar-refractivity contribution >= 4 is 28.3 Å². The minimum atomic E-state index is -4.26. The third-order valence-corrected chi connectivity index (χ3v) is 6.29. The molecule has 9 heteroatoms. The Balaban J connectivity index is 1.85. The summed E-state index contributed by atoms with van der Waals surface area (Å²) in [6.07, 6.45) is 0. The number of benzene rings is 2. The molecule has 0 aliphatic carbocycles. The highest BCUT2D eigenvalue weighted by atomic mass is 32.2. The van der Waals surface area contributed by atoms with Crippen LogP contribution in [-0.2, 0) is 19.3 Å². The second kappa shape index (κ2) is 6.58. The topological polar surface area (TPSA) is 64.6 Å². The average Bonchev–Trinajstić information content (AvgIpc) is 2.77. The monoisotopic (exact) mass is 395 g/mol. The molecule has 5 nitrogen and oxygen atoms in total. The van der Waals surface area contributed by atoms with E-state index in [0.717, 1.165) is 18.2 Å². The second-order valence-electron chi connectivity index (χ2n) is 7.36. The van der Waals surface area contributed by atoms with Gasteiger partial charge in [0.2, 0.25) is 0 Å². The first-order valence-electron chi connectivity index (χ1n) is 8.35. The molecule has 0 unspecified atom stereocenters. The summed E-state index contributed by atoms with van der Waals surface area (Å²) >= 11 is 0. The van der Waals surface area contributed by atoms with E-state index < -0.39 is 44.9 Å². The first-order valence-corrected chi connectivity index (χ1v) is 9.84. The maximum absolute atomic E-state index is 14.5. The molecule has 1 heterocycles. The summed E-state index contributed by atoms with van der Waals surface area (Å²) in [6.45, 7) is 7.50. The molecule has 1 aliphatic rings. The van der Waals surface area contributed by atoms with Gasteiger partial charge in [-0.3, -0.25) is 4.72 Å². The molecule has 0 aromatic heterocycles. The summed E-state index contributed by atoms with van der Waals surface area (Å²) in [6, 6.07) is 8.78. The van der Waals surface area contributed by atoms with Gasteiger partial charge < -0.3 is 9.31 Å². The van der Waals surface area contributed by atoms with Gasteiger partial charge in [-0.2, -0.15) is 0 Å². The normalized spacial score (nSPS) is 18.5. The molecule has 1 fully saturated rings. The van der Waals surface area contributed by atoms with E-state index in [0.29, 0.717) is 5.46 Å². The van der Waals surface area contributed by atoms with Crippen molar-refractivity contribution in [3.8, 4) is 0 Å². The Labute approximate surface area is 157 Å². The second-order valence-corrected chi connectivity index (χ2v) is 9.01. The molecule has 0 saturated carbocycles. The van der Waals surface area contributed by atoms with Gasteiger partial charge in [-0.25, -0.2) is 17.2 Å². The molecule has 1 aliphatic heterocycles. The zero-order valence-electron chi connectivity index (χ0n) is 15.4. The van der Waals surface area contributed by atoms with Gasteiger partial charge in [0.25, 0.3) is 10.0 Å². The van der Waals surface area contributed by atoms with E-state index >= 15 is 0 Å². The molecule has 3 rings (SSSR count). The fourth-order valence-corrected chi connectivity index (χ4v) is 3.75. The number of halogens is 2. The van der Waals surface area contributed by atoms with Crippen molar-refractivity contribution in [3.63, 3.8) is 0 Å². The number of rotatable bonds is 4. The molecule has 27 heavy (non-hydrogen) atoms. The molecule has 0 spiro atoms. The first kappa shape index (κ1) is 19.8. The van der Waals surface area contributed by atoms with Crippen LogP contribution in [0, 0.1) is 11.6 Å². The summed E-state index contributed by atoms with van der Waals surface area (Å²) in [4.78, 5) is -0.556. The number of hydrogen-bond acceptors (Lipinski definition) is 4. The maximum atomic E-state index is 14.5. The maximum Gasteiger partial charge on any atom is 0.494 e. The van der Waals surface area contributed by atoms with Crippen molar-refractivity contribution < 1.29 is 26.5 Å². The van der Waals surface area contributed by atoms with Gasteiger partial charge in [-0.1, -0.05) is 18.2 Å². The van der Waals surface area contributed by atoms with E-state index in [1.807, 2.05) is 27.7 Å². The third kappa shape index (κ3) is 3.72. The van der Waals surface area contributed by atoms with Crippen LogP contribution in [0.5, 0.6) is 0 Å². The van der Waals surface area contributed by atoms with Crippen LogP contribution in [0.1, 0.15) is 27.7 Å². The summed E-state index contributed by atoms with van der Waals surface area (Å²) in [5.41, 5.74) is -1.04. The van der Waals surface area contributed by atoms with Crippen molar-refractivity contribution in [3.05, 3.63) is 54.1 Å². The van der Waals surface area contributed by atoms with Crippen LogP contribution in [0.4, 0.5) is 14.5 Å². The van der Waals surface area contributed by atoms with E-state index in [-0.39, 0.29) is 5.69 Å². The molecule has 2 aromatic carbocycles. The Kier molecular flexibility index (Phi) is 4.82. The van der Waals surface area contributed by atoms with E-state index in [2.05, 4.69) is 4.72 Å². The van der Waals surface area contributed by atoms with Crippen molar-refractivity contribution in [2.24, 2.45) is 0 Å². The first-order chi connectivity index (χ1) is 12.4. The minimum absolute atomic E-state index is 0.293. The van der Waals surface area contributed by atoms with Crippen LogP contribution in [0.15, 0.2) is 47.4 Å². The van der Waals surface area contributed by atoms with Gasteiger partial charge in [0.15, 0.2) is 0 Å². The molecular formula is C18H20BF2NO4S. The smallest absolute Gasteiger partial charge is 0.399 e. The van der Waals surface area contributed by atoms with Gasteiger partial charge in [-0.15, -0.1) is 0 Å². The number of anilines is 1. The molecule has 0 amide bonds. The number of sulfonamides is 1. The van der Waals surface area contributed by atoms with Crippen LogP contribution < -0.4 is 10.2 Å². The third-order valence-electron chi connectivity index (χ3n) is 4.89. The van der Waals surface area contributed by atoms with Gasteiger partial charge >= 0.3 is 7.12 Å². The molecule has 2 aromatic rings. The molecule has 0 radical (unpaired) electrons. The highest BCUT2D eigenvalue weighted by molar-refractivity contribution is 7.92. The van der Waals surface area contributed by atoms with Crippen LogP contribution >= 0.6 is 0 Å². The Morgan fingerprint density at radius 3 is 2.07 bits per heavy atom. The van der Waals surface area contributed by atoms with E-state index in [4.69, 9.17) is 9.31 Å². The molecule has 0 atom stereocenters.